The first kappa shape index (κ1) is 73.1. The van der Waals surface area contributed by atoms with Crippen molar-refractivity contribution in [1.82, 2.24) is 5.32 Å². The summed E-state index contributed by atoms with van der Waals surface area (Å²) in [7, 11) is 0. The number of amides is 1. The van der Waals surface area contributed by atoms with Crippen LogP contribution in [0, 0.1) is 0 Å². The van der Waals surface area contributed by atoms with Gasteiger partial charge in [0.1, 0.15) is 24.4 Å². The fourth-order valence-corrected chi connectivity index (χ4v) is 9.84. The van der Waals surface area contributed by atoms with Crippen LogP contribution in [0.15, 0.2) is 97.2 Å². The van der Waals surface area contributed by atoms with Gasteiger partial charge in [-0.25, -0.2) is 0 Å². The normalized spacial score (nSPS) is 19.3. The smallest absolute Gasteiger partial charge is 0.220 e. The summed E-state index contributed by atoms with van der Waals surface area (Å²) >= 11 is 0. The fraction of sp³-hybridized carbons (Fsp3) is 0.754. The number of aliphatic hydroxyl groups excluding tert-OH is 5. The molecule has 7 atom stereocenters. The maximum atomic E-state index is 13.1. The van der Waals surface area contributed by atoms with E-state index in [0.29, 0.717) is 6.42 Å². The number of allylic oxidation sites excluding steroid dienone is 15. The number of unbranched alkanes of at least 4 members (excludes halogenated alkanes) is 31. The van der Waals surface area contributed by atoms with Crippen LogP contribution in [0.4, 0.5) is 0 Å². The lowest BCUT2D eigenvalue weighted by Gasteiger charge is -2.40. The molecule has 0 bridgehead atoms. The minimum atomic E-state index is -1.57. The average molecular weight is 1090 g/mol. The molecule has 1 fully saturated rings. The number of nitrogens with one attached hydrogen (secondary N) is 1. The van der Waals surface area contributed by atoms with Crippen LogP contribution in [-0.2, 0) is 14.3 Å². The summed E-state index contributed by atoms with van der Waals surface area (Å²) in [5, 5.41) is 54.7. The molecule has 0 spiro atoms. The predicted octanol–water partition coefficient (Wildman–Crippen LogP) is 17.1. The molecule has 0 aromatic carbocycles. The molecule has 1 heterocycles. The van der Waals surface area contributed by atoms with Crippen LogP contribution < -0.4 is 5.32 Å². The summed E-state index contributed by atoms with van der Waals surface area (Å²) in [5.74, 6) is -0.184. The third-order valence-corrected chi connectivity index (χ3v) is 14.9. The summed E-state index contributed by atoms with van der Waals surface area (Å²) in [6.07, 6.45) is 76.2. The zero-order valence-electron chi connectivity index (χ0n) is 50.1. The quantitative estimate of drug-likeness (QED) is 0.0261. The standard InChI is InChI=1S/C69H121NO8/c1-3-5-7-9-11-13-15-17-19-21-23-25-27-29-30-31-32-33-34-35-37-39-41-43-45-47-49-51-53-55-57-59-65(73)70-62(61-77-69-68(76)67(75)66(74)64(60-71)78-69)63(72)58-56-54-52-50-48-46-44-42-40-38-36-28-26-24-22-20-18-16-14-12-10-8-6-4-2/h5,7,11,13,17,19,23,25,29-30,32-33,35,37,56,58,62-64,66-69,71-72,74-76H,3-4,6,8-10,12,14-16,18,20-22,24,26-28,31,34,36,38-55,57,59-61H2,1-2H3,(H,70,73)/b7-5-,13-11-,19-17-,25-23-,30-29-,33-32-,37-35-,58-56+. The number of aliphatic hydroxyl groups is 5. The fourth-order valence-electron chi connectivity index (χ4n) is 9.84. The predicted molar refractivity (Wildman–Crippen MR) is 331 cm³/mol. The molecule has 9 nitrogen and oxygen atoms in total. The molecule has 78 heavy (non-hydrogen) atoms. The summed E-state index contributed by atoms with van der Waals surface area (Å²) < 4.78 is 11.3. The topological polar surface area (TPSA) is 149 Å². The summed E-state index contributed by atoms with van der Waals surface area (Å²) in [6.45, 7) is 3.68. The van der Waals surface area contributed by atoms with Gasteiger partial charge in [-0.3, -0.25) is 4.79 Å². The number of hydrogen-bond acceptors (Lipinski definition) is 8. The second-order valence-electron chi connectivity index (χ2n) is 22.2. The van der Waals surface area contributed by atoms with Crippen molar-refractivity contribution >= 4 is 5.91 Å². The Labute approximate surface area is 479 Å². The van der Waals surface area contributed by atoms with Gasteiger partial charge < -0.3 is 40.3 Å². The van der Waals surface area contributed by atoms with Crippen LogP contribution in [0.25, 0.3) is 0 Å². The molecule has 1 aliphatic rings. The minimum Gasteiger partial charge on any atom is -0.394 e. The lowest BCUT2D eigenvalue weighted by molar-refractivity contribution is -0.302. The zero-order valence-corrected chi connectivity index (χ0v) is 50.1. The van der Waals surface area contributed by atoms with E-state index in [1.54, 1.807) is 6.08 Å². The molecule has 1 amide bonds. The lowest BCUT2D eigenvalue weighted by Crippen LogP contribution is -2.60. The zero-order chi connectivity index (χ0) is 56.5. The Morgan fingerprint density at radius 3 is 1.18 bits per heavy atom. The van der Waals surface area contributed by atoms with Crippen molar-refractivity contribution in [1.29, 1.82) is 0 Å². The van der Waals surface area contributed by atoms with Gasteiger partial charge in [0.05, 0.1) is 25.4 Å². The molecule has 0 saturated carbocycles. The van der Waals surface area contributed by atoms with Gasteiger partial charge in [-0.1, -0.05) is 291 Å². The second-order valence-corrected chi connectivity index (χ2v) is 22.2. The third-order valence-electron chi connectivity index (χ3n) is 14.9. The van der Waals surface area contributed by atoms with Gasteiger partial charge in [-0.05, 0) is 77.0 Å². The third kappa shape index (κ3) is 45.8. The van der Waals surface area contributed by atoms with Crippen molar-refractivity contribution < 1.29 is 39.8 Å². The van der Waals surface area contributed by atoms with E-state index < -0.39 is 49.5 Å². The van der Waals surface area contributed by atoms with Crippen molar-refractivity contribution in [3.63, 3.8) is 0 Å². The van der Waals surface area contributed by atoms with Gasteiger partial charge in [-0.2, -0.15) is 0 Å². The van der Waals surface area contributed by atoms with Crippen molar-refractivity contribution in [3.05, 3.63) is 97.2 Å². The highest BCUT2D eigenvalue weighted by Gasteiger charge is 2.44. The van der Waals surface area contributed by atoms with Gasteiger partial charge in [-0.15, -0.1) is 0 Å². The summed E-state index contributed by atoms with van der Waals surface area (Å²) in [6, 6.07) is -0.816. The van der Waals surface area contributed by atoms with Gasteiger partial charge in [0.2, 0.25) is 5.91 Å². The number of carbonyl (C=O) groups excluding carboxylic acids is 1. The number of carbonyl (C=O) groups is 1. The van der Waals surface area contributed by atoms with Crippen molar-refractivity contribution in [3.8, 4) is 0 Å². The highest BCUT2D eigenvalue weighted by atomic mass is 16.7. The Hall–Kier alpha value is -2.89. The van der Waals surface area contributed by atoms with E-state index in [9.17, 15) is 30.3 Å². The monoisotopic (exact) mass is 1090 g/mol. The molecule has 0 aliphatic carbocycles. The first-order chi connectivity index (χ1) is 38.3. The second kappa shape index (κ2) is 57.3. The number of ether oxygens (including phenoxy) is 2. The van der Waals surface area contributed by atoms with Crippen LogP contribution in [0.3, 0.4) is 0 Å². The van der Waals surface area contributed by atoms with Crippen LogP contribution in [0.1, 0.15) is 277 Å². The van der Waals surface area contributed by atoms with E-state index in [4.69, 9.17) is 9.47 Å². The molecule has 0 radical (unpaired) electrons. The maximum Gasteiger partial charge on any atom is 0.220 e. The van der Waals surface area contributed by atoms with E-state index in [1.165, 1.54) is 161 Å². The first-order valence-corrected chi connectivity index (χ1v) is 32.5. The summed E-state index contributed by atoms with van der Waals surface area (Å²) in [4.78, 5) is 13.1. The van der Waals surface area contributed by atoms with E-state index in [0.717, 1.165) is 96.3 Å². The average Bonchev–Trinajstić information content (AvgIpc) is 3.45. The molecule has 0 aromatic rings. The van der Waals surface area contributed by atoms with E-state index in [2.05, 4.69) is 104 Å². The van der Waals surface area contributed by atoms with Crippen LogP contribution in [0.5, 0.6) is 0 Å². The van der Waals surface area contributed by atoms with Crippen molar-refractivity contribution in [2.24, 2.45) is 0 Å². The van der Waals surface area contributed by atoms with Crippen LogP contribution in [-0.4, -0.2) is 87.5 Å². The van der Waals surface area contributed by atoms with E-state index >= 15 is 0 Å². The lowest BCUT2D eigenvalue weighted by atomic mass is 9.99. The minimum absolute atomic E-state index is 0.184. The molecule has 6 N–H and O–H groups in total. The highest BCUT2D eigenvalue weighted by molar-refractivity contribution is 5.76. The SMILES string of the molecule is CC/C=C\C/C=C\C/C=C\C/C=C\C/C=C\C/C=C\C/C=C\CCCCCCCCCCCC(=O)NC(COC1OC(CO)C(O)C(O)C1O)C(O)/C=C/CCCCCCCCCCCCCCCCCCCCCCCC. The molecule has 1 saturated heterocycles. The Morgan fingerprint density at radius 2 is 0.795 bits per heavy atom. The Morgan fingerprint density at radius 1 is 0.449 bits per heavy atom. The molecule has 0 aromatic heterocycles. The molecule has 9 heteroatoms. The molecule has 1 rings (SSSR count). The molecular formula is C69H121NO8. The number of hydrogen-bond donors (Lipinski definition) is 6. The molecule has 7 unspecified atom stereocenters. The van der Waals surface area contributed by atoms with Gasteiger partial charge in [0.25, 0.3) is 0 Å². The van der Waals surface area contributed by atoms with E-state index in [-0.39, 0.29) is 12.5 Å². The maximum absolute atomic E-state index is 13.1. The summed E-state index contributed by atoms with van der Waals surface area (Å²) in [5.41, 5.74) is 0. The van der Waals surface area contributed by atoms with Crippen molar-refractivity contribution in [2.75, 3.05) is 13.2 Å². The molecule has 450 valence electrons. The van der Waals surface area contributed by atoms with Gasteiger partial charge in [0.15, 0.2) is 6.29 Å². The van der Waals surface area contributed by atoms with E-state index in [1.807, 2.05) is 6.08 Å². The Balaban J connectivity index is 2.20. The van der Waals surface area contributed by atoms with Gasteiger partial charge in [0, 0.05) is 6.42 Å². The highest BCUT2D eigenvalue weighted by Crippen LogP contribution is 2.23. The Bertz CT molecular complexity index is 1550. The number of rotatable bonds is 55. The molecular weight excluding hydrogens is 971 g/mol. The van der Waals surface area contributed by atoms with Crippen molar-refractivity contribution in [2.45, 2.75) is 320 Å². The van der Waals surface area contributed by atoms with Crippen LogP contribution in [0.2, 0.25) is 0 Å². The van der Waals surface area contributed by atoms with Crippen LogP contribution >= 0.6 is 0 Å². The Kier molecular flexibility index (Phi) is 53.8. The largest absolute Gasteiger partial charge is 0.394 e. The van der Waals surface area contributed by atoms with Gasteiger partial charge >= 0.3 is 0 Å². The molecule has 1 aliphatic heterocycles. The first-order valence-electron chi connectivity index (χ1n) is 32.5.